The lowest BCUT2D eigenvalue weighted by Crippen LogP contribution is -2.17. The van der Waals surface area contributed by atoms with E-state index in [-0.39, 0.29) is 11.9 Å². The van der Waals surface area contributed by atoms with E-state index in [1.807, 2.05) is 0 Å². The van der Waals surface area contributed by atoms with E-state index in [0.717, 1.165) is 12.1 Å². The van der Waals surface area contributed by atoms with Gasteiger partial charge >= 0.3 is 0 Å². The molecule has 1 atom stereocenters. The lowest BCUT2D eigenvalue weighted by Gasteiger charge is -2.15. The van der Waals surface area contributed by atoms with Crippen LogP contribution in [0.1, 0.15) is 16.7 Å². The Morgan fingerprint density at radius 1 is 1.33 bits per heavy atom. The van der Waals surface area contributed by atoms with E-state index in [4.69, 9.17) is 5.73 Å². The molecular weight excluding hydrogens is 247 g/mol. The van der Waals surface area contributed by atoms with Crippen LogP contribution >= 0.6 is 11.3 Å². The minimum Gasteiger partial charge on any atom is -0.399 e. The van der Waals surface area contributed by atoms with Gasteiger partial charge in [0.05, 0.1) is 0 Å². The van der Waals surface area contributed by atoms with Crippen molar-refractivity contribution >= 4 is 22.7 Å². The van der Waals surface area contributed by atoms with Crippen molar-refractivity contribution in [2.75, 3.05) is 11.1 Å². The fraction of sp³-hybridized carbons (Fsp3) is 0.286. The molecule has 4 heteroatoms. The first-order chi connectivity index (χ1) is 8.52. The van der Waals surface area contributed by atoms with Crippen LogP contribution < -0.4 is 11.1 Å². The lowest BCUT2D eigenvalue weighted by molar-refractivity contribution is 0.628. The average Bonchev–Trinajstić information content (AvgIpc) is 2.61. The Kier molecular flexibility index (Phi) is 3.87. The highest BCUT2D eigenvalue weighted by molar-refractivity contribution is 7.11. The maximum Gasteiger partial charge on any atom is 0.127 e. The Bertz CT molecular complexity index is 516. The minimum absolute atomic E-state index is 0.240. The molecule has 18 heavy (non-hydrogen) atoms. The van der Waals surface area contributed by atoms with E-state index in [1.54, 1.807) is 17.4 Å². The van der Waals surface area contributed by atoms with E-state index in [9.17, 15) is 4.39 Å². The first-order valence-electron chi connectivity index (χ1n) is 5.91. The summed E-state index contributed by atoms with van der Waals surface area (Å²) in [5.41, 5.74) is 6.78. The second-order valence-electron chi connectivity index (χ2n) is 4.54. The molecule has 0 radical (unpaired) electrons. The van der Waals surface area contributed by atoms with Crippen LogP contribution in [-0.4, -0.2) is 6.04 Å². The minimum atomic E-state index is -0.309. The summed E-state index contributed by atoms with van der Waals surface area (Å²) in [6.07, 6.45) is 0.926. The summed E-state index contributed by atoms with van der Waals surface area (Å²) in [7, 11) is 0. The van der Waals surface area contributed by atoms with E-state index < -0.39 is 0 Å². The van der Waals surface area contributed by atoms with Gasteiger partial charge in [-0.15, -0.1) is 11.3 Å². The first-order valence-corrected chi connectivity index (χ1v) is 6.72. The predicted octanol–water partition coefficient (Wildman–Crippen LogP) is 3.82. The largest absolute Gasteiger partial charge is 0.399 e. The number of benzene rings is 1. The van der Waals surface area contributed by atoms with Gasteiger partial charge < -0.3 is 11.1 Å². The van der Waals surface area contributed by atoms with Crippen molar-refractivity contribution in [2.45, 2.75) is 26.3 Å². The predicted molar refractivity (Wildman–Crippen MR) is 76.7 cm³/mol. The van der Waals surface area contributed by atoms with Crippen LogP contribution in [0, 0.1) is 12.7 Å². The molecule has 1 aromatic carbocycles. The smallest absolute Gasteiger partial charge is 0.127 e. The zero-order valence-corrected chi connectivity index (χ0v) is 11.4. The van der Waals surface area contributed by atoms with E-state index in [1.165, 1.54) is 21.9 Å². The third-order valence-corrected chi connectivity index (χ3v) is 3.66. The van der Waals surface area contributed by atoms with Crippen LogP contribution in [0.3, 0.4) is 0 Å². The highest BCUT2D eigenvalue weighted by Crippen LogP contribution is 2.20. The van der Waals surface area contributed by atoms with Gasteiger partial charge in [-0.1, -0.05) is 0 Å². The normalized spacial score (nSPS) is 12.4. The molecule has 0 saturated carbocycles. The summed E-state index contributed by atoms with van der Waals surface area (Å²) < 4.78 is 13.2. The summed E-state index contributed by atoms with van der Waals surface area (Å²) in [4.78, 5) is 2.64. The fourth-order valence-corrected chi connectivity index (χ4v) is 2.95. The van der Waals surface area contributed by atoms with Crippen molar-refractivity contribution in [3.8, 4) is 0 Å². The quantitative estimate of drug-likeness (QED) is 0.824. The standard InChI is InChI=1S/C14H17FN2S/c1-9(5-14-4-3-10(2)18-14)17-13-7-11(15)6-12(16)8-13/h3-4,6-9,17H,5,16H2,1-2H3. The Labute approximate surface area is 111 Å². The number of anilines is 2. The second-order valence-corrected chi connectivity index (χ2v) is 5.91. The fourth-order valence-electron chi connectivity index (χ4n) is 1.93. The molecule has 0 aliphatic heterocycles. The van der Waals surface area contributed by atoms with Gasteiger partial charge in [-0.2, -0.15) is 0 Å². The molecule has 0 aliphatic carbocycles. The molecule has 0 amide bonds. The Hall–Kier alpha value is -1.55. The number of rotatable bonds is 4. The number of hydrogen-bond donors (Lipinski definition) is 2. The third-order valence-electron chi connectivity index (χ3n) is 2.64. The summed E-state index contributed by atoms with van der Waals surface area (Å²) in [6.45, 7) is 4.18. The second kappa shape index (κ2) is 5.40. The maximum absolute atomic E-state index is 13.2. The molecule has 0 spiro atoms. The zero-order chi connectivity index (χ0) is 13.1. The maximum atomic E-state index is 13.2. The molecule has 1 aromatic heterocycles. The Balaban J connectivity index is 2.00. The van der Waals surface area contributed by atoms with Crippen molar-refractivity contribution in [1.82, 2.24) is 0 Å². The van der Waals surface area contributed by atoms with E-state index in [2.05, 4.69) is 31.3 Å². The van der Waals surface area contributed by atoms with Crippen LogP contribution in [0.2, 0.25) is 0 Å². The van der Waals surface area contributed by atoms with Gasteiger partial charge in [0, 0.05) is 33.6 Å². The summed E-state index contributed by atoms with van der Waals surface area (Å²) >= 11 is 1.79. The van der Waals surface area contributed by atoms with Gasteiger partial charge in [-0.3, -0.25) is 0 Å². The van der Waals surface area contributed by atoms with Crippen LogP contribution in [0.25, 0.3) is 0 Å². The molecule has 2 nitrogen and oxygen atoms in total. The third kappa shape index (κ3) is 3.47. The molecule has 2 rings (SSSR count). The summed E-state index contributed by atoms with van der Waals surface area (Å²) in [5.74, 6) is -0.309. The molecule has 0 aliphatic rings. The van der Waals surface area contributed by atoms with Crippen molar-refractivity contribution < 1.29 is 4.39 Å². The number of nitrogens with two attached hydrogens (primary N) is 1. The molecule has 1 unspecified atom stereocenters. The monoisotopic (exact) mass is 264 g/mol. The molecule has 0 fully saturated rings. The average molecular weight is 264 g/mol. The number of hydrogen-bond acceptors (Lipinski definition) is 3. The number of halogens is 1. The SMILES string of the molecule is Cc1ccc(CC(C)Nc2cc(N)cc(F)c2)s1. The number of nitrogens with one attached hydrogen (secondary N) is 1. The van der Waals surface area contributed by atoms with Crippen molar-refractivity contribution in [3.63, 3.8) is 0 Å². The molecule has 1 heterocycles. The van der Waals surface area contributed by atoms with Crippen LogP contribution in [0.4, 0.5) is 15.8 Å². The van der Waals surface area contributed by atoms with Crippen molar-refractivity contribution in [2.24, 2.45) is 0 Å². The van der Waals surface area contributed by atoms with Crippen LogP contribution in [-0.2, 0) is 6.42 Å². The topological polar surface area (TPSA) is 38.0 Å². The Morgan fingerprint density at radius 2 is 2.11 bits per heavy atom. The van der Waals surface area contributed by atoms with Crippen LogP contribution in [0.5, 0.6) is 0 Å². The van der Waals surface area contributed by atoms with Gasteiger partial charge in [0.15, 0.2) is 0 Å². The van der Waals surface area contributed by atoms with Crippen LogP contribution in [0.15, 0.2) is 30.3 Å². The Morgan fingerprint density at radius 3 is 2.72 bits per heavy atom. The van der Waals surface area contributed by atoms with E-state index in [0.29, 0.717) is 5.69 Å². The summed E-state index contributed by atoms with van der Waals surface area (Å²) in [6, 6.07) is 9.03. The first kappa shape index (κ1) is 12.9. The van der Waals surface area contributed by atoms with Gasteiger partial charge in [0.1, 0.15) is 5.82 Å². The lowest BCUT2D eigenvalue weighted by atomic mass is 10.2. The van der Waals surface area contributed by atoms with Crippen molar-refractivity contribution in [1.29, 1.82) is 0 Å². The van der Waals surface area contributed by atoms with Gasteiger partial charge in [-0.25, -0.2) is 4.39 Å². The highest BCUT2D eigenvalue weighted by atomic mass is 32.1. The van der Waals surface area contributed by atoms with Gasteiger partial charge in [0.25, 0.3) is 0 Å². The van der Waals surface area contributed by atoms with Gasteiger partial charge in [-0.05, 0) is 44.2 Å². The molecule has 0 bridgehead atoms. The highest BCUT2D eigenvalue weighted by Gasteiger charge is 2.06. The van der Waals surface area contributed by atoms with Crippen molar-refractivity contribution in [3.05, 3.63) is 45.9 Å². The summed E-state index contributed by atoms with van der Waals surface area (Å²) in [5, 5.41) is 3.27. The number of nitrogen functional groups attached to an aromatic ring is 1. The molecule has 3 N–H and O–H groups in total. The molecule has 96 valence electrons. The molecule has 0 saturated heterocycles. The zero-order valence-electron chi connectivity index (χ0n) is 10.5. The molecule has 2 aromatic rings. The van der Waals surface area contributed by atoms with Gasteiger partial charge in [0.2, 0.25) is 0 Å². The van der Waals surface area contributed by atoms with E-state index >= 15 is 0 Å². The number of thiophene rings is 1. The number of aryl methyl sites for hydroxylation is 1. The molecular formula is C14H17FN2S.